The molecule has 0 fully saturated rings. The lowest BCUT2D eigenvalue weighted by Crippen LogP contribution is -2.18. The summed E-state index contributed by atoms with van der Waals surface area (Å²) in [6.45, 7) is 5.90. The van der Waals surface area contributed by atoms with E-state index < -0.39 is 0 Å². The highest BCUT2D eigenvalue weighted by molar-refractivity contribution is 5.74. The molecule has 2 heterocycles. The van der Waals surface area contributed by atoms with Crippen molar-refractivity contribution in [2.45, 2.75) is 26.8 Å². The number of aryl methyl sites for hydroxylation is 1. The largest absolute Gasteiger partial charge is 0.327 e. The third kappa shape index (κ3) is 1.14. The van der Waals surface area contributed by atoms with Crippen molar-refractivity contribution in [1.82, 2.24) is 14.5 Å². The SMILES string of the molecule is Cc1ccnc2c1[nH]c(=O)n2C(C)C. The fourth-order valence-electron chi connectivity index (χ4n) is 1.62. The van der Waals surface area contributed by atoms with Crippen LogP contribution in [0.1, 0.15) is 25.5 Å². The van der Waals surface area contributed by atoms with Crippen LogP contribution >= 0.6 is 0 Å². The van der Waals surface area contributed by atoms with E-state index in [0.717, 1.165) is 16.7 Å². The number of pyridine rings is 1. The maximum atomic E-state index is 11.6. The number of imidazole rings is 1. The van der Waals surface area contributed by atoms with Gasteiger partial charge < -0.3 is 4.98 Å². The Bertz CT molecular complexity index is 522. The molecule has 2 aromatic rings. The molecule has 2 aromatic heterocycles. The summed E-state index contributed by atoms with van der Waals surface area (Å²) in [7, 11) is 0. The number of hydrogen-bond donors (Lipinski definition) is 1. The summed E-state index contributed by atoms with van der Waals surface area (Å²) in [5.41, 5.74) is 2.54. The average Bonchev–Trinajstić information content (AvgIpc) is 2.42. The van der Waals surface area contributed by atoms with Gasteiger partial charge >= 0.3 is 5.69 Å². The molecule has 0 amide bonds. The van der Waals surface area contributed by atoms with E-state index in [1.54, 1.807) is 10.8 Å². The Labute approximate surface area is 81.6 Å². The van der Waals surface area contributed by atoms with Crippen LogP contribution in [0.25, 0.3) is 11.2 Å². The standard InChI is InChI=1S/C10H13N3O/c1-6(2)13-9-8(12-10(13)14)7(3)4-5-11-9/h4-6H,1-3H3,(H,12,14). The number of aromatic amines is 1. The van der Waals surface area contributed by atoms with Gasteiger partial charge in [-0.2, -0.15) is 0 Å². The van der Waals surface area contributed by atoms with Crippen LogP contribution in [-0.2, 0) is 0 Å². The predicted octanol–water partition coefficient (Wildman–Crippen LogP) is 1.61. The van der Waals surface area contributed by atoms with Crippen LogP contribution in [0, 0.1) is 6.92 Å². The van der Waals surface area contributed by atoms with Gasteiger partial charge in [-0.05, 0) is 32.4 Å². The van der Waals surface area contributed by atoms with Crippen LogP contribution < -0.4 is 5.69 Å². The van der Waals surface area contributed by atoms with E-state index in [-0.39, 0.29) is 11.7 Å². The molecule has 0 saturated carbocycles. The maximum Gasteiger partial charge on any atom is 0.327 e. The van der Waals surface area contributed by atoms with E-state index in [4.69, 9.17) is 0 Å². The molecule has 0 aromatic carbocycles. The first kappa shape index (κ1) is 8.99. The lowest BCUT2D eigenvalue weighted by molar-refractivity contribution is 0.593. The third-order valence-electron chi connectivity index (χ3n) is 2.33. The van der Waals surface area contributed by atoms with Crippen LogP contribution in [0.2, 0.25) is 0 Å². The van der Waals surface area contributed by atoms with Crippen molar-refractivity contribution in [2.75, 3.05) is 0 Å². The van der Waals surface area contributed by atoms with Crippen LogP contribution in [0.5, 0.6) is 0 Å². The minimum Gasteiger partial charge on any atom is -0.304 e. The van der Waals surface area contributed by atoms with Gasteiger partial charge in [0.2, 0.25) is 0 Å². The highest BCUT2D eigenvalue weighted by Crippen LogP contribution is 2.14. The van der Waals surface area contributed by atoms with Gasteiger partial charge in [0.1, 0.15) is 0 Å². The zero-order valence-electron chi connectivity index (χ0n) is 8.53. The summed E-state index contributed by atoms with van der Waals surface area (Å²) in [5, 5.41) is 0. The van der Waals surface area contributed by atoms with Crippen molar-refractivity contribution in [3.63, 3.8) is 0 Å². The molecular formula is C10H13N3O. The van der Waals surface area contributed by atoms with Crippen LogP contribution in [0.3, 0.4) is 0 Å². The summed E-state index contributed by atoms with van der Waals surface area (Å²) in [6.07, 6.45) is 1.73. The minimum absolute atomic E-state index is 0.0863. The molecule has 0 aliphatic heterocycles. The van der Waals surface area contributed by atoms with Gasteiger partial charge in [-0.15, -0.1) is 0 Å². The number of rotatable bonds is 1. The topological polar surface area (TPSA) is 50.7 Å². The van der Waals surface area contributed by atoms with E-state index in [9.17, 15) is 4.79 Å². The third-order valence-corrected chi connectivity index (χ3v) is 2.33. The van der Waals surface area contributed by atoms with Crippen LogP contribution in [0.15, 0.2) is 17.1 Å². The van der Waals surface area contributed by atoms with Gasteiger partial charge in [0, 0.05) is 12.2 Å². The van der Waals surface area contributed by atoms with Crippen molar-refractivity contribution in [3.05, 3.63) is 28.3 Å². The smallest absolute Gasteiger partial charge is 0.304 e. The van der Waals surface area contributed by atoms with Gasteiger partial charge in [0.05, 0.1) is 5.52 Å². The molecule has 0 atom stereocenters. The second kappa shape index (κ2) is 2.97. The summed E-state index contributed by atoms with van der Waals surface area (Å²) in [6, 6.07) is 2.02. The predicted molar refractivity (Wildman–Crippen MR) is 55.5 cm³/mol. The number of aromatic nitrogens is 3. The minimum atomic E-state index is -0.0863. The van der Waals surface area contributed by atoms with Crippen molar-refractivity contribution < 1.29 is 0 Å². The zero-order valence-corrected chi connectivity index (χ0v) is 8.53. The normalized spacial score (nSPS) is 11.4. The van der Waals surface area contributed by atoms with E-state index >= 15 is 0 Å². The first-order valence-corrected chi connectivity index (χ1v) is 4.67. The molecule has 0 aliphatic carbocycles. The van der Waals surface area contributed by atoms with Crippen molar-refractivity contribution in [2.24, 2.45) is 0 Å². The Morgan fingerprint density at radius 2 is 2.21 bits per heavy atom. The van der Waals surface area contributed by atoms with Gasteiger partial charge in [-0.25, -0.2) is 9.78 Å². The summed E-state index contributed by atoms with van der Waals surface area (Å²) in [4.78, 5) is 18.6. The molecule has 4 nitrogen and oxygen atoms in total. The molecule has 0 unspecified atom stereocenters. The Morgan fingerprint density at radius 3 is 2.86 bits per heavy atom. The fraction of sp³-hybridized carbons (Fsp3) is 0.400. The molecule has 0 bridgehead atoms. The molecule has 2 rings (SSSR count). The lowest BCUT2D eigenvalue weighted by Gasteiger charge is -2.05. The van der Waals surface area contributed by atoms with Crippen molar-refractivity contribution in [1.29, 1.82) is 0 Å². The van der Waals surface area contributed by atoms with Crippen LogP contribution in [0.4, 0.5) is 0 Å². The molecule has 14 heavy (non-hydrogen) atoms. The number of fused-ring (bicyclic) bond motifs is 1. The Hall–Kier alpha value is -1.58. The Kier molecular flexibility index (Phi) is 1.91. The average molecular weight is 191 g/mol. The molecule has 74 valence electrons. The van der Waals surface area contributed by atoms with E-state index in [1.165, 1.54) is 0 Å². The molecule has 0 saturated heterocycles. The molecule has 0 radical (unpaired) electrons. The summed E-state index contributed by atoms with van der Waals surface area (Å²) >= 11 is 0. The quantitative estimate of drug-likeness (QED) is 0.744. The van der Waals surface area contributed by atoms with E-state index in [0.29, 0.717) is 0 Å². The fourth-order valence-corrected chi connectivity index (χ4v) is 1.62. The zero-order chi connectivity index (χ0) is 10.3. The number of H-pyrrole nitrogens is 1. The lowest BCUT2D eigenvalue weighted by atomic mass is 10.3. The second-order valence-electron chi connectivity index (χ2n) is 3.72. The van der Waals surface area contributed by atoms with Gasteiger partial charge in [0.15, 0.2) is 5.65 Å². The van der Waals surface area contributed by atoms with E-state index in [2.05, 4.69) is 9.97 Å². The Balaban J connectivity index is 2.91. The van der Waals surface area contributed by atoms with Crippen molar-refractivity contribution >= 4 is 11.2 Å². The van der Waals surface area contributed by atoms with E-state index in [1.807, 2.05) is 26.8 Å². The molecule has 0 spiro atoms. The van der Waals surface area contributed by atoms with Crippen molar-refractivity contribution in [3.8, 4) is 0 Å². The molecule has 4 heteroatoms. The first-order valence-electron chi connectivity index (χ1n) is 4.67. The summed E-state index contributed by atoms with van der Waals surface area (Å²) < 4.78 is 1.67. The monoisotopic (exact) mass is 191 g/mol. The molecular weight excluding hydrogens is 178 g/mol. The first-order chi connectivity index (χ1) is 6.61. The maximum absolute atomic E-state index is 11.6. The van der Waals surface area contributed by atoms with Gasteiger partial charge in [0.25, 0.3) is 0 Å². The number of nitrogens with zero attached hydrogens (tertiary/aromatic N) is 2. The highest BCUT2D eigenvalue weighted by Gasteiger charge is 2.11. The number of nitrogens with one attached hydrogen (secondary N) is 1. The summed E-state index contributed by atoms with van der Waals surface area (Å²) in [5.74, 6) is 0. The number of hydrogen-bond acceptors (Lipinski definition) is 2. The molecule has 1 N–H and O–H groups in total. The van der Waals surface area contributed by atoms with Crippen LogP contribution in [-0.4, -0.2) is 14.5 Å². The molecule has 0 aliphatic rings. The highest BCUT2D eigenvalue weighted by atomic mass is 16.1. The second-order valence-corrected chi connectivity index (χ2v) is 3.72. The van der Waals surface area contributed by atoms with Gasteiger partial charge in [-0.1, -0.05) is 0 Å². The van der Waals surface area contributed by atoms with Gasteiger partial charge in [-0.3, -0.25) is 4.57 Å². The Morgan fingerprint density at radius 1 is 1.50 bits per heavy atom.